The van der Waals surface area contributed by atoms with E-state index >= 15 is 0 Å². The number of aryl methyl sites for hydroxylation is 2. The molecule has 0 saturated carbocycles. The molecule has 2 nitrogen and oxygen atoms in total. The summed E-state index contributed by atoms with van der Waals surface area (Å²) < 4.78 is 26.9. The standard InChI is InChI=1S/C17H17F2NO/c1-3-10-5-6-12(7-11(10)4-2)17(21)13-8-16(20)15(19)9-14(13)18/h5-9H,3-4,20H2,1-2H3. The van der Waals surface area contributed by atoms with E-state index in [0.717, 1.165) is 30.0 Å². The van der Waals surface area contributed by atoms with E-state index in [4.69, 9.17) is 5.73 Å². The predicted octanol–water partition coefficient (Wildman–Crippen LogP) is 3.90. The number of anilines is 1. The van der Waals surface area contributed by atoms with E-state index in [-0.39, 0.29) is 11.3 Å². The van der Waals surface area contributed by atoms with Crippen molar-refractivity contribution < 1.29 is 13.6 Å². The zero-order valence-corrected chi connectivity index (χ0v) is 12.0. The average Bonchev–Trinajstić information content (AvgIpc) is 2.49. The van der Waals surface area contributed by atoms with Crippen molar-refractivity contribution in [3.63, 3.8) is 0 Å². The van der Waals surface area contributed by atoms with Crippen LogP contribution < -0.4 is 5.73 Å². The van der Waals surface area contributed by atoms with Gasteiger partial charge in [-0.25, -0.2) is 8.78 Å². The lowest BCUT2D eigenvalue weighted by molar-refractivity contribution is 0.103. The molecular formula is C17H17F2NO. The summed E-state index contributed by atoms with van der Waals surface area (Å²) in [7, 11) is 0. The molecule has 2 aromatic carbocycles. The van der Waals surface area contributed by atoms with E-state index in [1.54, 1.807) is 12.1 Å². The lowest BCUT2D eigenvalue weighted by Gasteiger charge is -2.09. The van der Waals surface area contributed by atoms with Gasteiger partial charge in [0, 0.05) is 11.6 Å². The van der Waals surface area contributed by atoms with E-state index in [2.05, 4.69) is 0 Å². The molecule has 0 radical (unpaired) electrons. The van der Waals surface area contributed by atoms with Crippen molar-refractivity contribution in [1.29, 1.82) is 0 Å². The van der Waals surface area contributed by atoms with Gasteiger partial charge in [-0.15, -0.1) is 0 Å². The smallest absolute Gasteiger partial charge is 0.196 e. The van der Waals surface area contributed by atoms with Crippen LogP contribution in [0.15, 0.2) is 30.3 Å². The van der Waals surface area contributed by atoms with Crippen LogP contribution in [0.25, 0.3) is 0 Å². The van der Waals surface area contributed by atoms with Crippen molar-refractivity contribution in [3.8, 4) is 0 Å². The number of nitrogens with two attached hydrogens (primary N) is 1. The molecule has 2 N–H and O–H groups in total. The van der Waals surface area contributed by atoms with Crippen LogP contribution in [-0.4, -0.2) is 5.78 Å². The molecule has 0 spiro atoms. The van der Waals surface area contributed by atoms with Crippen molar-refractivity contribution >= 4 is 11.5 Å². The minimum atomic E-state index is -0.899. The van der Waals surface area contributed by atoms with Crippen LogP contribution in [0.5, 0.6) is 0 Å². The molecule has 2 rings (SSSR count). The molecule has 0 atom stereocenters. The predicted molar refractivity (Wildman–Crippen MR) is 79.4 cm³/mol. The van der Waals surface area contributed by atoms with E-state index < -0.39 is 17.4 Å². The van der Waals surface area contributed by atoms with Crippen LogP contribution in [0.3, 0.4) is 0 Å². The molecule has 0 unspecified atom stereocenters. The maximum absolute atomic E-state index is 13.8. The fourth-order valence-electron chi connectivity index (χ4n) is 2.34. The molecule has 110 valence electrons. The Balaban J connectivity index is 2.47. The summed E-state index contributed by atoms with van der Waals surface area (Å²) in [4.78, 5) is 12.4. The lowest BCUT2D eigenvalue weighted by atomic mass is 9.95. The summed E-state index contributed by atoms with van der Waals surface area (Å²) in [5, 5.41) is 0. The summed E-state index contributed by atoms with van der Waals surface area (Å²) >= 11 is 0. The summed E-state index contributed by atoms with van der Waals surface area (Å²) in [6.45, 7) is 4.04. The Kier molecular flexibility index (Phi) is 4.36. The Hall–Kier alpha value is -2.23. The van der Waals surface area contributed by atoms with Crippen molar-refractivity contribution in [2.45, 2.75) is 26.7 Å². The zero-order valence-electron chi connectivity index (χ0n) is 12.0. The number of hydrogen-bond acceptors (Lipinski definition) is 2. The molecule has 0 aliphatic carbocycles. The zero-order chi connectivity index (χ0) is 15.6. The summed E-state index contributed by atoms with van der Waals surface area (Å²) in [6, 6.07) is 6.99. The van der Waals surface area contributed by atoms with Gasteiger partial charge >= 0.3 is 0 Å². The molecule has 0 bridgehead atoms. The van der Waals surface area contributed by atoms with Crippen molar-refractivity contribution in [2.75, 3.05) is 5.73 Å². The molecule has 0 heterocycles. The van der Waals surface area contributed by atoms with E-state index in [1.807, 2.05) is 19.9 Å². The lowest BCUT2D eigenvalue weighted by Crippen LogP contribution is -2.08. The first kappa shape index (κ1) is 15.2. The molecule has 0 aromatic heterocycles. The second kappa shape index (κ2) is 6.04. The average molecular weight is 289 g/mol. The van der Waals surface area contributed by atoms with Gasteiger partial charge in [0.05, 0.1) is 11.3 Å². The number of carbonyl (C=O) groups is 1. The van der Waals surface area contributed by atoms with Gasteiger partial charge in [-0.3, -0.25) is 4.79 Å². The normalized spacial score (nSPS) is 10.7. The first-order chi connectivity index (χ1) is 9.97. The van der Waals surface area contributed by atoms with Gasteiger partial charge in [-0.1, -0.05) is 26.0 Å². The quantitative estimate of drug-likeness (QED) is 0.685. The first-order valence-corrected chi connectivity index (χ1v) is 6.88. The highest BCUT2D eigenvalue weighted by atomic mass is 19.1. The number of halogens is 2. The van der Waals surface area contributed by atoms with Crippen LogP contribution in [-0.2, 0) is 12.8 Å². The van der Waals surface area contributed by atoms with Gasteiger partial charge < -0.3 is 5.73 Å². The molecule has 0 aliphatic heterocycles. The minimum Gasteiger partial charge on any atom is -0.396 e. The number of ketones is 1. The van der Waals surface area contributed by atoms with Gasteiger partial charge in [0.2, 0.25) is 0 Å². The van der Waals surface area contributed by atoms with Gasteiger partial charge in [0.15, 0.2) is 5.78 Å². The number of carbonyl (C=O) groups excluding carboxylic acids is 1. The van der Waals surface area contributed by atoms with Gasteiger partial charge in [0.1, 0.15) is 11.6 Å². The summed E-state index contributed by atoms with van der Waals surface area (Å²) in [6.07, 6.45) is 1.66. The summed E-state index contributed by atoms with van der Waals surface area (Å²) in [5.41, 5.74) is 7.57. The van der Waals surface area contributed by atoms with Crippen LogP contribution in [0.2, 0.25) is 0 Å². The number of benzene rings is 2. The molecule has 0 amide bonds. The molecule has 0 fully saturated rings. The third kappa shape index (κ3) is 2.94. The molecule has 0 aliphatic rings. The summed E-state index contributed by atoms with van der Waals surface area (Å²) in [5.74, 6) is -2.25. The Morgan fingerprint density at radius 2 is 1.67 bits per heavy atom. The number of rotatable bonds is 4. The van der Waals surface area contributed by atoms with E-state index in [1.165, 1.54) is 0 Å². The molecule has 2 aromatic rings. The highest BCUT2D eigenvalue weighted by Crippen LogP contribution is 2.21. The van der Waals surface area contributed by atoms with Crippen molar-refractivity contribution in [3.05, 3.63) is 64.2 Å². The fourth-order valence-corrected chi connectivity index (χ4v) is 2.34. The highest BCUT2D eigenvalue weighted by molar-refractivity contribution is 6.09. The Morgan fingerprint density at radius 1 is 1.00 bits per heavy atom. The monoisotopic (exact) mass is 289 g/mol. The Bertz CT molecular complexity index is 695. The number of hydrogen-bond donors (Lipinski definition) is 1. The third-order valence-electron chi connectivity index (χ3n) is 3.56. The largest absolute Gasteiger partial charge is 0.396 e. The molecule has 0 saturated heterocycles. The van der Waals surface area contributed by atoms with Gasteiger partial charge in [-0.2, -0.15) is 0 Å². The SMILES string of the molecule is CCc1ccc(C(=O)c2cc(N)c(F)cc2F)cc1CC. The number of nitrogen functional groups attached to an aromatic ring is 1. The minimum absolute atomic E-state index is 0.208. The highest BCUT2D eigenvalue weighted by Gasteiger charge is 2.17. The third-order valence-corrected chi connectivity index (χ3v) is 3.56. The molecule has 21 heavy (non-hydrogen) atoms. The fraction of sp³-hybridized carbons (Fsp3) is 0.235. The van der Waals surface area contributed by atoms with Crippen LogP contribution in [0.4, 0.5) is 14.5 Å². The van der Waals surface area contributed by atoms with Crippen molar-refractivity contribution in [1.82, 2.24) is 0 Å². The Morgan fingerprint density at radius 3 is 2.29 bits per heavy atom. The molecular weight excluding hydrogens is 272 g/mol. The second-order valence-corrected chi connectivity index (χ2v) is 4.87. The van der Waals surface area contributed by atoms with Crippen LogP contribution >= 0.6 is 0 Å². The van der Waals surface area contributed by atoms with Gasteiger partial charge in [-0.05, 0) is 36.1 Å². The topological polar surface area (TPSA) is 43.1 Å². The van der Waals surface area contributed by atoms with E-state index in [0.29, 0.717) is 11.6 Å². The first-order valence-electron chi connectivity index (χ1n) is 6.88. The Labute approximate surface area is 122 Å². The second-order valence-electron chi connectivity index (χ2n) is 4.87. The van der Waals surface area contributed by atoms with E-state index in [9.17, 15) is 13.6 Å². The van der Waals surface area contributed by atoms with Crippen LogP contribution in [0.1, 0.15) is 40.9 Å². The van der Waals surface area contributed by atoms with Gasteiger partial charge in [0.25, 0.3) is 0 Å². The maximum Gasteiger partial charge on any atom is 0.196 e. The molecule has 4 heteroatoms. The van der Waals surface area contributed by atoms with Crippen LogP contribution in [0, 0.1) is 11.6 Å². The maximum atomic E-state index is 13.8. The van der Waals surface area contributed by atoms with Crippen molar-refractivity contribution in [2.24, 2.45) is 0 Å².